The molecule has 0 aromatic heterocycles. The number of hydrogen-bond donors (Lipinski definition) is 2. The van der Waals surface area contributed by atoms with Crippen molar-refractivity contribution in [2.24, 2.45) is 10.2 Å². The van der Waals surface area contributed by atoms with E-state index in [1.54, 1.807) is 25.1 Å². The second kappa shape index (κ2) is 6.61. The Bertz CT molecular complexity index is 1020. The molecule has 0 spiro atoms. The van der Waals surface area contributed by atoms with Crippen molar-refractivity contribution in [3.8, 4) is 11.5 Å². The third-order valence-electron chi connectivity index (χ3n) is 3.63. The molecule has 3 N–H and O–H groups in total. The van der Waals surface area contributed by atoms with Crippen molar-refractivity contribution in [2.45, 2.75) is 11.8 Å². The van der Waals surface area contributed by atoms with E-state index in [1.165, 1.54) is 6.07 Å². The predicted molar refractivity (Wildman–Crippen MR) is 92.9 cm³/mol. The van der Waals surface area contributed by atoms with Gasteiger partial charge in [0.1, 0.15) is 5.69 Å². The summed E-state index contributed by atoms with van der Waals surface area (Å²) in [6.45, 7) is 1.85. The van der Waals surface area contributed by atoms with Crippen LogP contribution in [0.2, 0.25) is 0 Å². The number of fused-ring (bicyclic) bond motifs is 1. The molecule has 3 rings (SSSR count). The second-order valence-corrected chi connectivity index (χ2v) is 6.92. The number of primary sulfonamides is 1. The van der Waals surface area contributed by atoms with Gasteiger partial charge >= 0.3 is 0 Å². The summed E-state index contributed by atoms with van der Waals surface area (Å²) in [7, 11) is -4.05. The van der Waals surface area contributed by atoms with E-state index in [2.05, 4.69) is 10.5 Å². The number of hydrazone groups is 1. The van der Waals surface area contributed by atoms with Crippen LogP contribution >= 0.6 is 0 Å². The number of nitrogens with one attached hydrogen (secondary N) is 1. The number of rotatable bonds is 5. The molecule has 26 heavy (non-hydrogen) atoms. The summed E-state index contributed by atoms with van der Waals surface area (Å²) in [6, 6.07) is 8.52. The summed E-state index contributed by atoms with van der Waals surface area (Å²) in [4.78, 5) is 10.1. The van der Waals surface area contributed by atoms with Gasteiger partial charge in [-0.3, -0.25) is 15.5 Å². The molecule has 1 heterocycles. The lowest BCUT2D eigenvalue weighted by Gasteiger charge is -2.06. The van der Waals surface area contributed by atoms with Crippen LogP contribution in [0.3, 0.4) is 0 Å². The van der Waals surface area contributed by atoms with E-state index in [0.29, 0.717) is 17.2 Å². The lowest BCUT2D eigenvalue weighted by Crippen LogP contribution is -2.12. The second-order valence-electron chi connectivity index (χ2n) is 5.36. The third-order valence-corrected chi connectivity index (χ3v) is 4.54. The highest BCUT2D eigenvalue weighted by Gasteiger charge is 2.19. The van der Waals surface area contributed by atoms with Crippen LogP contribution < -0.4 is 20.0 Å². The summed E-state index contributed by atoms with van der Waals surface area (Å²) in [5.74, 6) is 1.21. The Hall–Kier alpha value is -3.18. The summed E-state index contributed by atoms with van der Waals surface area (Å²) >= 11 is 0. The zero-order valence-corrected chi connectivity index (χ0v) is 14.3. The van der Waals surface area contributed by atoms with E-state index >= 15 is 0 Å². The SMILES string of the molecule is C/C(=N/Nc1ccc(S(N)(=O)=O)cc1[N+](=O)[O-])c1ccc2c(c1)OCO2. The standard InChI is InChI=1S/C15H14N4O6S/c1-9(10-2-5-14-15(6-10)25-8-24-14)17-18-12-4-3-11(26(16,22)23)7-13(12)19(20)21/h2-7,18H,8H2,1H3,(H2,16,22,23)/b17-9-. The molecule has 2 aromatic rings. The molecule has 0 radical (unpaired) electrons. The molecule has 0 aliphatic carbocycles. The van der Waals surface area contributed by atoms with E-state index in [0.717, 1.165) is 17.7 Å². The molecule has 0 fully saturated rings. The Labute approximate surface area is 148 Å². The fourth-order valence-electron chi connectivity index (χ4n) is 2.26. The molecule has 2 aromatic carbocycles. The van der Waals surface area contributed by atoms with Gasteiger partial charge in [0.25, 0.3) is 5.69 Å². The van der Waals surface area contributed by atoms with Gasteiger partial charge in [-0.25, -0.2) is 13.6 Å². The lowest BCUT2D eigenvalue weighted by molar-refractivity contribution is -0.384. The number of nitrogens with two attached hydrogens (primary N) is 1. The molecular weight excluding hydrogens is 364 g/mol. The number of nitrogens with zero attached hydrogens (tertiary/aromatic N) is 2. The Morgan fingerprint density at radius 3 is 2.65 bits per heavy atom. The molecule has 0 bridgehead atoms. The Morgan fingerprint density at radius 1 is 1.23 bits per heavy atom. The topological polar surface area (TPSA) is 146 Å². The highest BCUT2D eigenvalue weighted by Crippen LogP contribution is 2.33. The molecule has 1 aliphatic heterocycles. The number of ether oxygens (including phenoxy) is 2. The summed E-state index contributed by atoms with van der Waals surface area (Å²) in [5, 5.41) is 20.3. The van der Waals surface area contributed by atoms with Crippen LogP contribution in [0.5, 0.6) is 11.5 Å². The first-order valence-electron chi connectivity index (χ1n) is 7.27. The number of benzene rings is 2. The monoisotopic (exact) mass is 378 g/mol. The molecule has 0 atom stereocenters. The van der Waals surface area contributed by atoms with Gasteiger partial charge in [0.15, 0.2) is 11.5 Å². The highest BCUT2D eigenvalue weighted by molar-refractivity contribution is 7.89. The maximum absolute atomic E-state index is 11.3. The van der Waals surface area contributed by atoms with E-state index < -0.39 is 20.6 Å². The molecule has 1 aliphatic rings. The van der Waals surface area contributed by atoms with E-state index in [-0.39, 0.29) is 17.4 Å². The number of anilines is 1. The molecule has 11 heteroatoms. The van der Waals surface area contributed by atoms with Crippen molar-refractivity contribution in [3.05, 3.63) is 52.1 Å². The fourth-order valence-corrected chi connectivity index (χ4v) is 2.80. The van der Waals surface area contributed by atoms with Crippen LogP contribution in [0.4, 0.5) is 11.4 Å². The largest absolute Gasteiger partial charge is 0.454 e. The molecule has 10 nitrogen and oxygen atoms in total. The van der Waals surface area contributed by atoms with Crippen LogP contribution in [-0.4, -0.2) is 25.8 Å². The van der Waals surface area contributed by atoms with Gasteiger partial charge in [-0.1, -0.05) is 0 Å². The first-order chi connectivity index (χ1) is 12.3. The number of sulfonamides is 1. The summed E-state index contributed by atoms with van der Waals surface area (Å²) in [6.07, 6.45) is 0. The van der Waals surface area contributed by atoms with E-state index in [1.807, 2.05) is 0 Å². The quantitative estimate of drug-likeness (QED) is 0.458. The van der Waals surface area contributed by atoms with Crippen LogP contribution in [0.1, 0.15) is 12.5 Å². The van der Waals surface area contributed by atoms with Gasteiger partial charge in [0, 0.05) is 11.6 Å². The minimum absolute atomic E-state index is 0.0301. The zero-order valence-electron chi connectivity index (χ0n) is 13.5. The predicted octanol–water partition coefficient (Wildman–Crippen LogP) is 1.81. The first kappa shape index (κ1) is 17.6. The average molecular weight is 378 g/mol. The molecule has 0 unspecified atom stereocenters. The van der Waals surface area contributed by atoms with Gasteiger partial charge in [0.2, 0.25) is 16.8 Å². The van der Waals surface area contributed by atoms with E-state index in [4.69, 9.17) is 14.6 Å². The van der Waals surface area contributed by atoms with Crippen LogP contribution in [0, 0.1) is 10.1 Å². The van der Waals surface area contributed by atoms with Crippen molar-refractivity contribution in [1.82, 2.24) is 0 Å². The van der Waals surface area contributed by atoms with Crippen LogP contribution in [0.15, 0.2) is 46.4 Å². The van der Waals surface area contributed by atoms with Crippen molar-refractivity contribution < 1.29 is 22.8 Å². The van der Waals surface area contributed by atoms with Crippen molar-refractivity contribution >= 4 is 27.1 Å². The molecule has 0 saturated carbocycles. The van der Waals surface area contributed by atoms with Crippen LogP contribution in [0.25, 0.3) is 0 Å². The van der Waals surface area contributed by atoms with Gasteiger partial charge in [-0.2, -0.15) is 5.10 Å². The Balaban J connectivity index is 1.88. The number of hydrogen-bond acceptors (Lipinski definition) is 8. The lowest BCUT2D eigenvalue weighted by atomic mass is 10.1. The van der Waals surface area contributed by atoms with Gasteiger partial charge < -0.3 is 9.47 Å². The van der Waals surface area contributed by atoms with Crippen molar-refractivity contribution in [2.75, 3.05) is 12.2 Å². The number of nitro groups is 1. The minimum Gasteiger partial charge on any atom is -0.454 e. The average Bonchev–Trinajstić information content (AvgIpc) is 3.06. The summed E-state index contributed by atoms with van der Waals surface area (Å²) < 4.78 is 33.2. The number of nitro benzene ring substituents is 1. The zero-order chi connectivity index (χ0) is 18.9. The van der Waals surface area contributed by atoms with Gasteiger partial charge in [-0.15, -0.1) is 0 Å². The van der Waals surface area contributed by atoms with Crippen LogP contribution in [-0.2, 0) is 10.0 Å². The van der Waals surface area contributed by atoms with Crippen molar-refractivity contribution in [1.29, 1.82) is 0 Å². The molecule has 0 amide bonds. The minimum atomic E-state index is -4.05. The van der Waals surface area contributed by atoms with Gasteiger partial charge in [-0.05, 0) is 37.3 Å². The van der Waals surface area contributed by atoms with Crippen molar-refractivity contribution in [3.63, 3.8) is 0 Å². The molecule has 0 saturated heterocycles. The summed E-state index contributed by atoms with van der Waals surface area (Å²) in [5.41, 5.74) is 3.41. The maximum Gasteiger partial charge on any atom is 0.295 e. The smallest absolute Gasteiger partial charge is 0.295 e. The fraction of sp³-hybridized carbons (Fsp3) is 0.133. The maximum atomic E-state index is 11.3. The molecular formula is C15H14N4O6S. The first-order valence-corrected chi connectivity index (χ1v) is 8.82. The normalized spacial score (nSPS) is 13.5. The third kappa shape index (κ3) is 3.58. The Morgan fingerprint density at radius 2 is 1.96 bits per heavy atom. The van der Waals surface area contributed by atoms with E-state index in [9.17, 15) is 18.5 Å². The highest BCUT2D eigenvalue weighted by atomic mass is 32.2. The Kier molecular flexibility index (Phi) is 4.49. The molecule has 136 valence electrons. The van der Waals surface area contributed by atoms with Gasteiger partial charge in [0.05, 0.1) is 15.5 Å².